The van der Waals surface area contributed by atoms with Crippen molar-refractivity contribution in [3.8, 4) is 0 Å². The number of benzene rings is 1. The van der Waals surface area contributed by atoms with Gasteiger partial charge in [0.2, 0.25) is 0 Å². The summed E-state index contributed by atoms with van der Waals surface area (Å²) in [6.07, 6.45) is 1.85. The minimum Gasteiger partial charge on any atom is -0.379 e. The molecule has 0 bridgehead atoms. The van der Waals surface area contributed by atoms with E-state index in [0.717, 1.165) is 11.4 Å². The monoisotopic (exact) mass is 255 g/mol. The molecular formula is C10H10FN3S2. The van der Waals surface area contributed by atoms with Crippen molar-refractivity contribution in [2.24, 2.45) is 0 Å². The number of rotatable bonds is 4. The van der Waals surface area contributed by atoms with E-state index in [4.69, 9.17) is 0 Å². The number of thioether (sulfide) groups is 1. The molecule has 0 aliphatic rings. The van der Waals surface area contributed by atoms with E-state index in [-0.39, 0.29) is 5.82 Å². The van der Waals surface area contributed by atoms with Crippen molar-refractivity contribution < 1.29 is 4.39 Å². The van der Waals surface area contributed by atoms with Crippen LogP contribution in [0.25, 0.3) is 0 Å². The van der Waals surface area contributed by atoms with Gasteiger partial charge in [-0.2, -0.15) is 0 Å². The molecule has 2 rings (SSSR count). The highest BCUT2D eigenvalue weighted by Gasteiger charge is 2.02. The molecule has 16 heavy (non-hydrogen) atoms. The van der Waals surface area contributed by atoms with Gasteiger partial charge in [0.05, 0.1) is 12.2 Å². The van der Waals surface area contributed by atoms with Gasteiger partial charge in [-0.1, -0.05) is 4.49 Å². The summed E-state index contributed by atoms with van der Waals surface area (Å²) in [6, 6.07) is 5.11. The molecule has 3 nitrogen and oxygen atoms in total. The lowest BCUT2D eigenvalue weighted by Gasteiger charge is -2.05. The molecule has 6 heteroatoms. The van der Waals surface area contributed by atoms with Gasteiger partial charge in [0, 0.05) is 16.0 Å². The summed E-state index contributed by atoms with van der Waals surface area (Å²) in [7, 11) is 0. The van der Waals surface area contributed by atoms with E-state index >= 15 is 0 Å². The zero-order valence-corrected chi connectivity index (χ0v) is 10.2. The van der Waals surface area contributed by atoms with E-state index in [1.165, 1.54) is 29.4 Å². The van der Waals surface area contributed by atoms with Crippen LogP contribution in [0.5, 0.6) is 0 Å². The minimum atomic E-state index is -0.200. The first-order valence-electron chi connectivity index (χ1n) is 4.63. The zero-order chi connectivity index (χ0) is 11.4. The second-order valence-electron chi connectivity index (χ2n) is 3.10. The molecule has 0 spiro atoms. The normalized spacial score (nSPS) is 10.4. The quantitative estimate of drug-likeness (QED) is 0.852. The van der Waals surface area contributed by atoms with Crippen molar-refractivity contribution in [3.05, 3.63) is 35.1 Å². The molecule has 0 amide bonds. The smallest absolute Gasteiger partial charge is 0.138 e. The Morgan fingerprint density at radius 2 is 2.38 bits per heavy atom. The third-order valence-corrected chi connectivity index (χ3v) is 3.35. The first-order chi connectivity index (χ1) is 7.79. The van der Waals surface area contributed by atoms with Crippen molar-refractivity contribution >= 4 is 29.0 Å². The van der Waals surface area contributed by atoms with Crippen molar-refractivity contribution in [3.63, 3.8) is 0 Å². The van der Waals surface area contributed by atoms with E-state index in [2.05, 4.69) is 14.9 Å². The average Bonchev–Trinajstić information content (AvgIpc) is 2.79. The number of halogens is 1. The first-order valence-corrected chi connectivity index (χ1v) is 6.69. The Labute approximate surface area is 101 Å². The van der Waals surface area contributed by atoms with Crippen molar-refractivity contribution in [1.82, 2.24) is 9.59 Å². The van der Waals surface area contributed by atoms with Crippen LogP contribution in [0.4, 0.5) is 10.1 Å². The number of hydrogen-bond acceptors (Lipinski definition) is 5. The Morgan fingerprint density at radius 3 is 3.00 bits per heavy atom. The van der Waals surface area contributed by atoms with Crippen molar-refractivity contribution in [2.75, 3.05) is 11.6 Å². The molecule has 0 atom stereocenters. The maximum absolute atomic E-state index is 13.4. The van der Waals surface area contributed by atoms with E-state index < -0.39 is 0 Å². The maximum atomic E-state index is 13.4. The summed E-state index contributed by atoms with van der Waals surface area (Å²) >= 11 is 2.70. The summed E-state index contributed by atoms with van der Waals surface area (Å²) in [5, 5.41) is 8.85. The fourth-order valence-corrected chi connectivity index (χ4v) is 2.14. The summed E-state index contributed by atoms with van der Waals surface area (Å²) in [4.78, 5) is 0.654. The molecule has 0 saturated carbocycles. The molecule has 2 aromatic rings. The van der Waals surface area contributed by atoms with Crippen LogP contribution < -0.4 is 5.32 Å². The van der Waals surface area contributed by atoms with Gasteiger partial charge in [-0.25, -0.2) is 4.39 Å². The lowest BCUT2D eigenvalue weighted by Crippen LogP contribution is -2.00. The minimum absolute atomic E-state index is 0.200. The van der Waals surface area contributed by atoms with Crippen LogP contribution >= 0.6 is 23.3 Å². The highest BCUT2D eigenvalue weighted by atomic mass is 32.2. The van der Waals surface area contributed by atoms with Gasteiger partial charge in [-0.15, -0.1) is 16.9 Å². The Balaban J connectivity index is 2.02. The SMILES string of the molecule is CSc1ccc(NCc2csnn2)cc1F. The predicted octanol–water partition coefficient (Wildman–Crippen LogP) is 3.01. The first kappa shape index (κ1) is 11.3. The van der Waals surface area contributed by atoms with Gasteiger partial charge in [-0.3, -0.25) is 0 Å². The van der Waals surface area contributed by atoms with Gasteiger partial charge in [0.25, 0.3) is 0 Å². The van der Waals surface area contributed by atoms with E-state index in [1.807, 2.05) is 17.7 Å². The summed E-state index contributed by atoms with van der Waals surface area (Å²) in [5.74, 6) is -0.200. The van der Waals surface area contributed by atoms with E-state index in [0.29, 0.717) is 11.4 Å². The van der Waals surface area contributed by atoms with Crippen LogP contribution in [0.2, 0.25) is 0 Å². The van der Waals surface area contributed by atoms with Gasteiger partial charge < -0.3 is 5.32 Å². The highest BCUT2D eigenvalue weighted by Crippen LogP contribution is 2.22. The molecule has 1 heterocycles. The molecule has 0 saturated heterocycles. The Hall–Kier alpha value is -1.14. The number of nitrogens with zero attached hydrogens (tertiary/aromatic N) is 2. The van der Waals surface area contributed by atoms with Gasteiger partial charge in [0.15, 0.2) is 0 Å². The third-order valence-electron chi connectivity index (χ3n) is 2.03. The highest BCUT2D eigenvalue weighted by molar-refractivity contribution is 7.98. The molecule has 1 N–H and O–H groups in total. The number of hydrogen-bond donors (Lipinski definition) is 1. The second kappa shape index (κ2) is 5.27. The average molecular weight is 255 g/mol. The zero-order valence-electron chi connectivity index (χ0n) is 8.61. The molecule has 1 aromatic heterocycles. The fraction of sp³-hybridized carbons (Fsp3) is 0.200. The maximum Gasteiger partial charge on any atom is 0.138 e. The molecule has 0 fully saturated rings. The summed E-state index contributed by atoms with van der Waals surface area (Å²) in [6.45, 7) is 0.564. The van der Waals surface area contributed by atoms with Crippen molar-refractivity contribution in [2.45, 2.75) is 11.4 Å². The van der Waals surface area contributed by atoms with Crippen LogP contribution in [0.1, 0.15) is 5.69 Å². The van der Waals surface area contributed by atoms with Crippen LogP contribution in [0.15, 0.2) is 28.5 Å². The van der Waals surface area contributed by atoms with Gasteiger partial charge >= 0.3 is 0 Å². The topological polar surface area (TPSA) is 37.8 Å². The van der Waals surface area contributed by atoms with Gasteiger partial charge in [-0.05, 0) is 36.0 Å². The van der Waals surface area contributed by atoms with Crippen LogP contribution in [-0.2, 0) is 6.54 Å². The van der Waals surface area contributed by atoms with Crippen LogP contribution in [-0.4, -0.2) is 15.8 Å². The van der Waals surface area contributed by atoms with Gasteiger partial charge in [0.1, 0.15) is 5.82 Å². The summed E-state index contributed by atoms with van der Waals surface area (Å²) < 4.78 is 17.2. The Kier molecular flexibility index (Phi) is 3.74. The number of anilines is 1. The van der Waals surface area contributed by atoms with E-state index in [1.54, 1.807) is 6.07 Å². The molecule has 1 aromatic carbocycles. The number of nitrogens with one attached hydrogen (secondary N) is 1. The number of aromatic nitrogens is 2. The molecule has 0 aliphatic carbocycles. The van der Waals surface area contributed by atoms with E-state index in [9.17, 15) is 4.39 Å². The standard InChI is InChI=1S/C10H10FN3S2/c1-15-10-3-2-7(4-9(10)11)12-5-8-6-16-14-13-8/h2-4,6,12H,5H2,1H3. The Morgan fingerprint density at radius 1 is 1.50 bits per heavy atom. The molecular weight excluding hydrogens is 245 g/mol. The molecule has 0 unspecified atom stereocenters. The molecule has 0 radical (unpaired) electrons. The Bertz CT molecular complexity index is 459. The lowest BCUT2D eigenvalue weighted by molar-refractivity contribution is 0.602. The largest absolute Gasteiger partial charge is 0.379 e. The van der Waals surface area contributed by atoms with Crippen LogP contribution in [0.3, 0.4) is 0 Å². The second-order valence-corrected chi connectivity index (χ2v) is 4.56. The lowest BCUT2D eigenvalue weighted by atomic mass is 10.3. The van der Waals surface area contributed by atoms with Crippen molar-refractivity contribution in [1.29, 1.82) is 0 Å². The third kappa shape index (κ3) is 2.70. The van der Waals surface area contributed by atoms with Crippen LogP contribution in [0, 0.1) is 5.82 Å². The fourth-order valence-electron chi connectivity index (χ4n) is 1.23. The predicted molar refractivity (Wildman–Crippen MR) is 65.4 cm³/mol. The summed E-state index contributed by atoms with van der Waals surface area (Å²) in [5.41, 5.74) is 1.61. The molecule has 0 aliphatic heterocycles. The molecule has 84 valence electrons.